The Bertz CT molecular complexity index is 1470. The SMILES string of the molecule is CC(C)COc1cc(C#N)ccc1C(=O)NC(c1ccc(Cl)cc1)C(NC(=O)C1CCNC(=O)C1)c1ccc(Br)cc1. The summed E-state index contributed by atoms with van der Waals surface area (Å²) in [5.41, 5.74) is 2.10. The second kappa shape index (κ2) is 14.3. The zero-order valence-electron chi connectivity index (χ0n) is 23.3. The predicted molar refractivity (Wildman–Crippen MR) is 164 cm³/mol. The number of amides is 3. The third-order valence-corrected chi connectivity index (χ3v) is 7.70. The van der Waals surface area contributed by atoms with Gasteiger partial charge in [-0.2, -0.15) is 5.26 Å². The Hall–Kier alpha value is -3.87. The largest absolute Gasteiger partial charge is 0.492 e. The van der Waals surface area contributed by atoms with E-state index >= 15 is 0 Å². The zero-order chi connectivity index (χ0) is 30.2. The highest BCUT2D eigenvalue weighted by molar-refractivity contribution is 9.10. The summed E-state index contributed by atoms with van der Waals surface area (Å²) in [5, 5.41) is 19.0. The van der Waals surface area contributed by atoms with Gasteiger partial charge >= 0.3 is 0 Å². The van der Waals surface area contributed by atoms with Crippen molar-refractivity contribution in [3.63, 3.8) is 0 Å². The molecular weight excluding hydrogens is 620 g/mol. The quantitative estimate of drug-likeness (QED) is 0.254. The summed E-state index contributed by atoms with van der Waals surface area (Å²) in [5.74, 6) is -0.872. The number of ether oxygens (including phenoxy) is 1. The topological polar surface area (TPSA) is 120 Å². The van der Waals surface area contributed by atoms with Crippen LogP contribution >= 0.6 is 27.5 Å². The molecule has 3 unspecified atom stereocenters. The normalized spacial score (nSPS) is 16.1. The molecule has 1 saturated heterocycles. The van der Waals surface area contributed by atoms with Crippen LogP contribution in [0.3, 0.4) is 0 Å². The molecule has 1 aliphatic heterocycles. The van der Waals surface area contributed by atoms with Crippen LogP contribution in [0.1, 0.15) is 65.8 Å². The standard InChI is InChI=1S/C32H32BrClN4O4/c1-19(2)18-42-27-15-20(17-35)3-12-26(27)32(41)38-30(22-6-10-25(34)11-7-22)29(21-4-8-24(33)9-5-21)37-31(40)23-13-14-36-28(39)16-23/h3-12,15,19,23,29-30H,13-14,16,18H2,1-2H3,(H,36,39)(H,37,40)(H,38,41). The molecule has 0 saturated carbocycles. The van der Waals surface area contributed by atoms with Crippen LogP contribution in [0.2, 0.25) is 5.02 Å². The Kier molecular flexibility index (Phi) is 10.6. The Morgan fingerprint density at radius 1 is 1.05 bits per heavy atom. The van der Waals surface area contributed by atoms with Gasteiger partial charge in [0.2, 0.25) is 11.8 Å². The maximum absolute atomic E-state index is 13.9. The van der Waals surface area contributed by atoms with Gasteiger partial charge in [-0.15, -0.1) is 0 Å². The van der Waals surface area contributed by atoms with E-state index in [2.05, 4.69) is 37.9 Å². The van der Waals surface area contributed by atoms with Crippen molar-refractivity contribution in [2.75, 3.05) is 13.2 Å². The van der Waals surface area contributed by atoms with E-state index in [1.54, 1.807) is 42.5 Å². The van der Waals surface area contributed by atoms with E-state index in [1.165, 1.54) is 0 Å². The Morgan fingerprint density at radius 2 is 1.69 bits per heavy atom. The van der Waals surface area contributed by atoms with E-state index < -0.39 is 23.9 Å². The van der Waals surface area contributed by atoms with Crippen molar-refractivity contribution < 1.29 is 19.1 Å². The number of nitrogens with zero attached hydrogens (tertiary/aromatic N) is 1. The fourth-order valence-corrected chi connectivity index (χ4v) is 5.10. The van der Waals surface area contributed by atoms with Crippen molar-refractivity contribution >= 4 is 45.3 Å². The third-order valence-electron chi connectivity index (χ3n) is 6.92. The van der Waals surface area contributed by atoms with Crippen LogP contribution in [0.15, 0.2) is 71.2 Å². The first-order valence-electron chi connectivity index (χ1n) is 13.7. The number of nitrogens with one attached hydrogen (secondary N) is 3. The maximum Gasteiger partial charge on any atom is 0.255 e. The van der Waals surface area contributed by atoms with Crippen LogP contribution in [-0.2, 0) is 9.59 Å². The van der Waals surface area contributed by atoms with E-state index in [0.717, 1.165) is 10.0 Å². The fourth-order valence-electron chi connectivity index (χ4n) is 4.71. The molecule has 218 valence electrons. The van der Waals surface area contributed by atoms with Crippen LogP contribution in [0, 0.1) is 23.2 Å². The number of nitriles is 1. The number of benzene rings is 3. The smallest absolute Gasteiger partial charge is 0.255 e. The molecule has 0 aromatic heterocycles. The van der Waals surface area contributed by atoms with Gasteiger partial charge in [-0.1, -0.05) is 65.6 Å². The molecule has 3 amide bonds. The van der Waals surface area contributed by atoms with Crippen molar-refractivity contribution in [1.29, 1.82) is 5.26 Å². The Balaban J connectivity index is 1.74. The minimum Gasteiger partial charge on any atom is -0.492 e. The van der Waals surface area contributed by atoms with Crippen LogP contribution in [0.4, 0.5) is 0 Å². The summed E-state index contributed by atoms with van der Waals surface area (Å²) in [7, 11) is 0. The summed E-state index contributed by atoms with van der Waals surface area (Å²) >= 11 is 9.66. The molecule has 42 heavy (non-hydrogen) atoms. The summed E-state index contributed by atoms with van der Waals surface area (Å²) in [4.78, 5) is 39.5. The third kappa shape index (κ3) is 8.11. The van der Waals surface area contributed by atoms with Crippen molar-refractivity contribution in [1.82, 2.24) is 16.0 Å². The van der Waals surface area contributed by atoms with Crippen LogP contribution in [-0.4, -0.2) is 30.9 Å². The van der Waals surface area contributed by atoms with Gasteiger partial charge in [0.25, 0.3) is 5.91 Å². The molecule has 8 nitrogen and oxygen atoms in total. The molecule has 10 heteroatoms. The average molecular weight is 652 g/mol. The summed E-state index contributed by atoms with van der Waals surface area (Å²) in [6.45, 7) is 4.77. The molecule has 0 spiro atoms. The second-order valence-corrected chi connectivity index (χ2v) is 12.0. The summed E-state index contributed by atoms with van der Waals surface area (Å²) in [6, 6.07) is 19.9. The highest BCUT2D eigenvalue weighted by Gasteiger charge is 2.33. The van der Waals surface area contributed by atoms with Gasteiger partial charge in [0.15, 0.2) is 0 Å². The Morgan fingerprint density at radius 3 is 2.31 bits per heavy atom. The summed E-state index contributed by atoms with van der Waals surface area (Å²) < 4.78 is 6.79. The molecule has 0 bridgehead atoms. The van der Waals surface area contributed by atoms with Gasteiger partial charge in [0.05, 0.1) is 35.9 Å². The van der Waals surface area contributed by atoms with Crippen LogP contribution < -0.4 is 20.7 Å². The average Bonchev–Trinajstić information content (AvgIpc) is 2.98. The highest BCUT2D eigenvalue weighted by atomic mass is 79.9. The van der Waals surface area contributed by atoms with Gasteiger partial charge in [0, 0.05) is 28.4 Å². The summed E-state index contributed by atoms with van der Waals surface area (Å²) in [6.07, 6.45) is 0.614. The molecule has 3 aromatic carbocycles. The molecule has 3 N–H and O–H groups in total. The number of carbonyl (C=O) groups is 3. The lowest BCUT2D eigenvalue weighted by molar-refractivity contribution is -0.133. The van der Waals surface area contributed by atoms with Crippen molar-refractivity contribution in [2.45, 2.75) is 38.8 Å². The number of piperidine rings is 1. The monoisotopic (exact) mass is 650 g/mol. The van der Waals surface area contributed by atoms with Gasteiger partial charge in [-0.25, -0.2) is 0 Å². The van der Waals surface area contributed by atoms with E-state index in [9.17, 15) is 19.6 Å². The first-order chi connectivity index (χ1) is 20.1. The van der Waals surface area contributed by atoms with Crippen molar-refractivity contribution in [3.05, 3.63) is 98.5 Å². The molecule has 0 aliphatic carbocycles. The zero-order valence-corrected chi connectivity index (χ0v) is 25.7. The number of halogens is 2. The number of hydrogen-bond donors (Lipinski definition) is 3. The lowest BCUT2D eigenvalue weighted by Crippen LogP contribution is -2.45. The van der Waals surface area contributed by atoms with Crippen LogP contribution in [0.25, 0.3) is 0 Å². The molecule has 3 atom stereocenters. The molecular formula is C32H32BrClN4O4. The first kappa shape index (κ1) is 31.1. The van der Waals surface area contributed by atoms with Gasteiger partial charge in [-0.3, -0.25) is 14.4 Å². The van der Waals surface area contributed by atoms with Crippen LogP contribution in [0.5, 0.6) is 5.75 Å². The molecule has 1 aliphatic rings. The van der Waals surface area contributed by atoms with Crippen molar-refractivity contribution in [2.24, 2.45) is 11.8 Å². The van der Waals surface area contributed by atoms with E-state index in [4.69, 9.17) is 16.3 Å². The number of hydrogen-bond acceptors (Lipinski definition) is 5. The second-order valence-electron chi connectivity index (χ2n) is 10.6. The number of carbonyl (C=O) groups excluding carboxylic acids is 3. The molecule has 3 aromatic rings. The minimum atomic E-state index is -0.731. The first-order valence-corrected chi connectivity index (χ1v) is 14.9. The van der Waals surface area contributed by atoms with E-state index in [0.29, 0.717) is 41.5 Å². The van der Waals surface area contributed by atoms with Gasteiger partial charge in [0.1, 0.15) is 5.75 Å². The van der Waals surface area contributed by atoms with E-state index in [-0.39, 0.29) is 29.7 Å². The van der Waals surface area contributed by atoms with E-state index in [1.807, 2.05) is 38.1 Å². The maximum atomic E-state index is 13.9. The van der Waals surface area contributed by atoms with Crippen molar-refractivity contribution in [3.8, 4) is 11.8 Å². The van der Waals surface area contributed by atoms with Gasteiger partial charge in [-0.05, 0) is 65.9 Å². The highest BCUT2D eigenvalue weighted by Crippen LogP contribution is 2.33. The Labute approximate surface area is 258 Å². The minimum absolute atomic E-state index is 0.0959. The lowest BCUT2D eigenvalue weighted by atomic mass is 9.90. The molecule has 0 radical (unpaired) electrons. The fraction of sp³-hybridized carbons (Fsp3) is 0.312. The van der Waals surface area contributed by atoms with Gasteiger partial charge < -0.3 is 20.7 Å². The number of rotatable bonds is 10. The lowest BCUT2D eigenvalue weighted by Gasteiger charge is -2.32. The molecule has 1 fully saturated rings. The predicted octanol–water partition coefficient (Wildman–Crippen LogP) is 5.86. The molecule has 4 rings (SSSR count). The molecule has 1 heterocycles.